The molecule has 2 saturated heterocycles. The van der Waals surface area contributed by atoms with E-state index in [0.717, 1.165) is 68.3 Å². The van der Waals surface area contributed by atoms with Crippen molar-refractivity contribution < 1.29 is 24.1 Å². The van der Waals surface area contributed by atoms with Crippen LogP contribution in [0.1, 0.15) is 44.1 Å². The number of carbonyl (C=O) groups is 1. The summed E-state index contributed by atoms with van der Waals surface area (Å²) in [5.74, 6) is 1.27. The summed E-state index contributed by atoms with van der Waals surface area (Å²) in [4.78, 5) is 17.5. The number of carboxylic acid groups (broad SMARTS) is 1. The standard InChI is InChI=1S/C26H41N3O5Si/c1-26(8-11-28(12-9-26)25(30)31)18-34-22-5-10-27-24-23(22)21(20-6-13-32-14-7-20)17-29(24)19-33-15-16-35(2,3)4/h5,10,17,20H,6-9,11-16,18-19H2,1-4H3,(H,30,31). The van der Waals surface area contributed by atoms with Crippen molar-refractivity contribution in [2.75, 3.05) is 39.5 Å². The third-order valence-electron chi connectivity index (χ3n) is 7.45. The lowest BCUT2D eigenvalue weighted by Crippen LogP contribution is -2.43. The Bertz CT molecular complexity index is 1000. The first-order valence-corrected chi connectivity index (χ1v) is 16.6. The predicted molar refractivity (Wildman–Crippen MR) is 139 cm³/mol. The first-order chi connectivity index (χ1) is 16.7. The fourth-order valence-electron chi connectivity index (χ4n) is 4.93. The molecule has 1 amide bonds. The third-order valence-corrected chi connectivity index (χ3v) is 9.16. The van der Waals surface area contributed by atoms with E-state index in [1.165, 1.54) is 10.5 Å². The molecular formula is C26H41N3O5Si. The van der Waals surface area contributed by atoms with E-state index in [-0.39, 0.29) is 5.41 Å². The zero-order chi connectivity index (χ0) is 25.1. The van der Waals surface area contributed by atoms with Crippen LogP contribution in [-0.4, -0.2) is 73.2 Å². The van der Waals surface area contributed by atoms with Gasteiger partial charge in [0.05, 0.1) is 12.0 Å². The maximum atomic E-state index is 11.3. The molecule has 2 aliphatic heterocycles. The van der Waals surface area contributed by atoms with Crippen LogP contribution in [0.4, 0.5) is 4.79 Å². The predicted octanol–water partition coefficient (Wildman–Crippen LogP) is 5.40. The average Bonchev–Trinajstić information content (AvgIpc) is 3.20. The Labute approximate surface area is 209 Å². The van der Waals surface area contributed by atoms with Crippen molar-refractivity contribution >= 4 is 25.2 Å². The van der Waals surface area contributed by atoms with Crippen molar-refractivity contribution in [1.82, 2.24) is 14.5 Å². The number of fused-ring (bicyclic) bond motifs is 1. The van der Waals surface area contributed by atoms with Gasteiger partial charge in [0, 0.05) is 58.8 Å². The molecule has 0 unspecified atom stereocenters. The Balaban J connectivity index is 1.54. The number of amides is 1. The van der Waals surface area contributed by atoms with Crippen LogP contribution < -0.4 is 4.74 Å². The topological polar surface area (TPSA) is 86.1 Å². The molecule has 4 heterocycles. The second-order valence-corrected chi connectivity index (χ2v) is 17.3. The molecule has 1 N–H and O–H groups in total. The lowest BCUT2D eigenvalue weighted by molar-refractivity contribution is 0.0660. The maximum Gasteiger partial charge on any atom is 0.407 e. The summed E-state index contributed by atoms with van der Waals surface area (Å²) in [6.45, 7) is 13.8. The highest BCUT2D eigenvalue weighted by Crippen LogP contribution is 2.39. The van der Waals surface area contributed by atoms with Gasteiger partial charge in [0.1, 0.15) is 18.1 Å². The van der Waals surface area contributed by atoms with Crippen LogP contribution in [0.3, 0.4) is 0 Å². The normalized spacial score (nSPS) is 19.3. The fourth-order valence-corrected chi connectivity index (χ4v) is 5.69. The zero-order valence-electron chi connectivity index (χ0n) is 21.7. The molecule has 2 aliphatic rings. The van der Waals surface area contributed by atoms with Crippen LogP contribution in [0.5, 0.6) is 5.75 Å². The zero-order valence-corrected chi connectivity index (χ0v) is 22.7. The van der Waals surface area contributed by atoms with E-state index in [2.05, 4.69) is 37.3 Å². The van der Waals surface area contributed by atoms with E-state index in [9.17, 15) is 9.90 Å². The molecule has 194 valence electrons. The SMILES string of the molecule is CC1(COc2ccnc3c2c(C2CCOCC2)cn3COCC[Si](C)(C)C)CCN(C(=O)O)CC1. The molecule has 0 spiro atoms. The van der Waals surface area contributed by atoms with Crippen molar-refractivity contribution in [3.63, 3.8) is 0 Å². The van der Waals surface area contributed by atoms with Gasteiger partial charge in [0.25, 0.3) is 0 Å². The molecule has 0 aliphatic carbocycles. The van der Waals surface area contributed by atoms with Crippen molar-refractivity contribution in [2.24, 2.45) is 5.41 Å². The molecule has 2 aromatic rings. The van der Waals surface area contributed by atoms with Crippen molar-refractivity contribution in [1.29, 1.82) is 0 Å². The van der Waals surface area contributed by atoms with Crippen molar-refractivity contribution in [2.45, 2.75) is 70.9 Å². The number of nitrogens with zero attached hydrogens (tertiary/aromatic N) is 3. The number of hydrogen-bond donors (Lipinski definition) is 1. The van der Waals surface area contributed by atoms with E-state index in [1.807, 2.05) is 12.3 Å². The highest BCUT2D eigenvalue weighted by Gasteiger charge is 2.33. The lowest BCUT2D eigenvalue weighted by atomic mass is 9.81. The molecule has 2 fully saturated rings. The van der Waals surface area contributed by atoms with Gasteiger partial charge in [-0.25, -0.2) is 9.78 Å². The average molecular weight is 504 g/mol. The Morgan fingerprint density at radius 1 is 1.26 bits per heavy atom. The van der Waals surface area contributed by atoms with Crippen molar-refractivity contribution in [3.8, 4) is 5.75 Å². The van der Waals surface area contributed by atoms with Gasteiger partial charge in [-0.3, -0.25) is 0 Å². The van der Waals surface area contributed by atoms with Crippen LogP contribution in [0.15, 0.2) is 18.5 Å². The molecule has 4 rings (SSSR count). The monoisotopic (exact) mass is 503 g/mol. The molecule has 9 heteroatoms. The minimum Gasteiger partial charge on any atom is -0.492 e. The smallest absolute Gasteiger partial charge is 0.407 e. The molecule has 0 atom stereocenters. The quantitative estimate of drug-likeness (QED) is 0.364. The summed E-state index contributed by atoms with van der Waals surface area (Å²) in [6.07, 6.45) is 6.78. The number of ether oxygens (including phenoxy) is 3. The molecular weight excluding hydrogens is 462 g/mol. The van der Waals surface area contributed by atoms with Crippen LogP contribution in [-0.2, 0) is 16.2 Å². The number of piperidine rings is 1. The summed E-state index contributed by atoms with van der Waals surface area (Å²) in [5.41, 5.74) is 2.12. The van der Waals surface area contributed by atoms with E-state index in [1.54, 1.807) is 0 Å². The summed E-state index contributed by atoms with van der Waals surface area (Å²) < 4.78 is 20.3. The Hall–Kier alpha value is -2.10. The largest absolute Gasteiger partial charge is 0.492 e. The Kier molecular flexibility index (Phi) is 8.08. The second kappa shape index (κ2) is 10.9. The van der Waals surface area contributed by atoms with E-state index in [4.69, 9.17) is 19.2 Å². The van der Waals surface area contributed by atoms with Gasteiger partial charge < -0.3 is 28.8 Å². The molecule has 0 bridgehead atoms. The highest BCUT2D eigenvalue weighted by molar-refractivity contribution is 6.76. The molecule has 0 radical (unpaired) electrons. The molecule has 35 heavy (non-hydrogen) atoms. The fraction of sp³-hybridized carbons (Fsp3) is 0.692. The lowest BCUT2D eigenvalue weighted by Gasteiger charge is -2.38. The minimum atomic E-state index is -1.14. The number of likely N-dealkylation sites (tertiary alicyclic amines) is 1. The van der Waals surface area contributed by atoms with Crippen LogP contribution in [0.25, 0.3) is 11.0 Å². The molecule has 0 saturated carbocycles. The summed E-state index contributed by atoms with van der Waals surface area (Å²) in [5, 5.41) is 10.4. The summed E-state index contributed by atoms with van der Waals surface area (Å²) in [7, 11) is -1.14. The van der Waals surface area contributed by atoms with Crippen LogP contribution in [0.2, 0.25) is 25.7 Å². The Morgan fingerprint density at radius 2 is 1.97 bits per heavy atom. The summed E-state index contributed by atoms with van der Waals surface area (Å²) >= 11 is 0. The van der Waals surface area contributed by atoms with E-state index in [0.29, 0.717) is 32.3 Å². The van der Waals surface area contributed by atoms with Gasteiger partial charge >= 0.3 is 6.09 Å². The second-order valence-electron chi connectivity index (χ2n) is 11.7. The van der Waals surface area contributed by atoms with E-state index < -0.39 is 14.2 Å². The number of rotatable bonds is 9. The van der Waals surface area contributed by atoms with Gasteiger partial charge in [-0.05, 0) is 49.3 Å². The molecule has 8 nitrogen and oxygen atoms in total. The van der Waals surface area contributed by atoms with Crippen LogP contribution >= 0.6 is 0 Å². The number of pyridine rings is 1. The summed E-state index contributed by atoms with van der Waals surface area (Å²) in [6, 6.07) is 3.11. The van der Waals surface area contributed by atoms with Gasteiger partial charge in [-0.15, -0.1) is 0 Å². The third kappa shape index (κ3) is 6.57. The first kappa shape index (κ1) is 26.0. The Morgan fingerprint density at radius 3 is 2.63 bits per heavy atom. The van der Waals surface area contributed by atoms with Gasteiger partial charge in [0.2, 0.25) is 0 Å². The number of hydrogen-bond acceptors (Lipinski definition) is 5. The first-order valence-electron chi connectivity index (χ1n) is 12.9. The highest BCUT2D eigenvalue weighted by atomic mass is 28.3. The minimum absolute atomic E-state index is 0.0527. The van der Waals surface area contributed by atoms with Gasteiger partial charge in [0.15, 0.2) is 0 Å². The molecule has 2 aromatic heterocycles. The number of aromatic nitrogens is 2. The maximum absolute atomic E-state index is 11.3. The van der Waals surface area contributed by atoms with Gasteiger partial charge in [-0.2, -0.15) is 0 Å². The van der Waals surface area contributed by atoms with Gasteiger partial charge in [-0.1, -0.05) is 26.6 Å². The molecule has 0 aromatic carbocycles. The van der Waals surface area contributed by atoms with Crippen LogP contribution in [0, 0.1) is 5.41 Å². The van der Waals surface area contributed by atoms with Crippen molar-refractivity contribution in [3.05, 3.63) is 24.0 Å². The van der Waals surface area contributed by atoms with E-state index >= 15 is 0 Å².